The van der Waals surface area contributed by atoms with Crippen LogP contribution < -0.4 is 5.32 Å². The van der Waals surface area contributed by atoms with Gasteiger partial charge in [0.1, 0.15) is 5.82 Å². The van der Waals surface area contributed by atoms with Crippen LogP contribution in [0.3, 0.4) is 0 Å². The SMILES string of the molecule is C#CCNC(=O)C(C)N1CCN(Cc2ccc(F)cc2Cl)CC1. The number of carbonyl (C=O) groups is 1. The zero-order valence-electron chi connectivity index (χ0n) is 13.2. The molecule has 1 N–H and O–H groups in total. The molecule has 6 heteroatoms. The minimum atomic E-state index is -0.324. The van der Waals surface area contributed by atoms with Gasteiger partial charge in [-0.05, 0) is 24.6 Å². The molecule has 1 atom stereocenters. The summed E-state index contributed by atoms with van der Waals surface area (Å²) in [6, 6.07) is 4.29. The molecule has 0 aromatic heterocycles. The molecule has 0 saturated carbocycles. The zero-order chi connectivity index (χ0) is 16.8. The fourth-order valence-corrected chi connectivity index (χ4v) is 2.88. The van der Waals surface area contributed by atoms with E-state index in [1.165, 1.54) is 12.1 Å². The molecule has 0 radical (unpaired) electrons. The molecule has 2 rings (SSSR count). The summed E-state index contributed by atoms with van der Waals surface area (Å²) in [5.74, 6) is 2.03. The first-order valence-electron chi connectivity index (χ1n) is 7.62. The van der Waals surface area contributed by atoms with Gasteiger partial charge in [-0.2, -0.15) is 0 Å². The Kier molecular flexibility index (Phi) is 6.40. The van der Waals surface area contributed by atoms with Crippen LogP contribution in [0.25, 0.3) is 0 Å². The number of halogens is 2. The highest BCUT2D eigenvalue weighted by Crippen LogP contribution is 2.20. The first kappa shape index (κ1) is 17.7. The third kappa shape index (κ3) is 4.93. The first-order valence-corrected chi connectivity index (χ1v) is 8.00. The number of terminal acetylenes is 1. The molecular weight excluding hydrogens is 317 g/mol. The molecule has 0 spiro atoms. The van der Waals surface area contributed by atoms with Crippen molar-refractivity contribution in [1.82, 2.24) is 15.1 Å². The second kappa shape index (κ2) is 8.30. The molecule has 124 valence electrons. The second-order valence-electron chi connectivity index (χ2n) is 5.65. The van der Waals surface area contributed by atoms with Gasteiger partial charge in [0.25, 0.3) is 0 Å². The molecule has 1 aliphatic heterocycles. The quantitative estimate of drug-likeness (QED) is 0.831. The smallest absolute Gasteiger partial charge is 0.237 e. The van der Waals surface area contributed by atoms with Crippen LogP contribution >= 0.6 is 11.6 Å². The standard InChI is InChI=1S/C17H21ClFN3O/c1-3-6-20-17(23)13(2)22-9-7-21(8-10-22)12-14-4-5-15(19)11-16(14)18/h1,4-5,11,13H,6-10,12H2,2H3,(H,20,23). The number of nitrogens with one attached hydrogen (secondary N) is 1. The number of nitrogens with zero attached hydrogens (tertiary/aromatic N) is 2. The fraction of sp³-hybridized carbons (Fsp3) is 0.471. The fourth-order valence-electron chi connectivity index (χ4n) is 2.65. The van der Waals surface area contributed by atoms with Crippen LogP contribution in [0.1, 0.15) is 12.5 Å². The van der Waals surface area contributed by atoms with E-state index in [1.807, 2.05) is 6.92 Å². The molecule has 1 amide bonds. The van der Waals surface area contributed by atoms with Crippen molar-refractivity contribution < 1.29 is 9.18 Å². The van der Waals surface area contributed by atoms with Crippen LogP contribution in [0.15, 0.2) is 18.2 Å². The van der Waals surface area contributed by atoms with Crippen LogP contribution in [0, 0.1) is 18.2 Å². The summed E-state index contributed by atoms with van der Waals surface area (Å²) in [5.41, 5.74) is 0.918. The average Bonchev–Trinajstić information content (AvgIpc) is 2.55. The Bertz CT molecular complexity index is 594. The number of piperazine rings is 1. The Morgan fingerprint density at radius 2 is 2.13 bits per heavy atom. The number of benzene rings is 1. The van der Waals surface area contributed by atoms with Crippen molar-refractivity contribution in [2.24, 2.45) is 0 Å². The molecule has 0 aliphatic carbocycles. The normalized spacial score (nSPS) is 17.5. The number of hydrogen-bond acceptors (Lipinski definition) is 3. The molecule has 1 heterocycles. The van der Waals surface area contributed by atoms with Gasteiger partial charge in [-0.1, -0.05) is 23.6 Å². The molecule has 1 aromatic rings. The van der Waals surface area contributed by atoms with Crippen molar-refractivity contribution >= 4 is 17.5 Å². The highest BCUT2D eigenvalue weighted by Gasteiger charge is 2.25. The average molecular weight is 338 g/mol. The summed E-state index contributed by atoms with van der Waals surface area (Å²) in [4.78, 5) is 16.3. The maximum absolute atomic E-state index is 13.1. The second-order valence-corrected chi connectivity index (χ2v) is 6.05. The monoisotopic (exact) mass is 337 g/mol. The van der Waals surface area contributed by atoms with Crippen LogP contribution in [-0.4, -0.2) is 54.5 Å². The highest BCUT2D eigenvalue weighted by atomic mass is 35.5. The highest BCUT2D eigenvalue weighted by molar-refractivity contribution is 6.31. The van der Waals surface area contributed by atoms with Crippen molar-refractivity contribution in [2.75, 3.05) is 32.7 Å². The van der Waals surface area contributed by atoms with E-state index < -0.39 is 0 Å². The van der Waals surface area contributed by atoms with Crippen molar-refractivity contribution in [1.29, 1.82) is 0 Å². The van der Waals surface area contributed by atoms with E-state index in [2.05, 4.69) is 21.0 Å². The summed E-state index contributed by atoms with van der Waals surface area (Å²) < 4.78 is 13.1. The minimum Gasteiger partial charge on any atom is -0.344 e. The number of carbonyl (C=O) groups excluding carboxylic acids is 1. The topological polar surface area (TPSA) is 35.6 Å². The van der Waals surface area contributed by atoms with Crippen molar-refractivity contribution in [3.05, 3.63) is 34.6 Å². The van der Waals surface area contributed by atoms with Crippen molar-refractivity contribution in [3.63, 3.8) is 0 Å². The van der Waals surface area contributed by atoms with Crippen molar-refractivity contribution in [3.8, 4) is 12.3 Å². The molecule has 1 fully saturated rings. The maximum atomic E-state index is 13.1. The van der Waals surface area contributed by atoms with Crippen LogP contribution in [0.2, 0.25) is 5.02 Å². The van der Waals surface area contributed by atoms with Gasteiger partial charge in [0.2, 0.25) is 5.91 Å². The Morgan fingerprint density at radius 3 is 2.74 bits per heavy atom. The first-order chi connectivity index (χ1) is 11.0. The summed E-state index contributed by atoms with van der Waals surface area (Å²) >= 11 is 6.07. The molecule has 1 unspecified atom stereocenters. The molecular formula is C17H21ClFN3O. The van der Waals surface area contributed by atoms with Gasteiger partial charge in [0, 0.05) is 37.7 Å². The third-order valence-electron chi connectivity index (χ3n) is 4.11. The van der Waals surface area contributed by atoms with Gasteiger partial charge in [-0.25, -0.2) is 4.39 Å². The van der Waals surface area contributed by atoms with Gasteiger partial charge in [0.15, 0.2) is 0 Å². The summed E-state index contributed by atoms with van der Waals surface area (Å²) in [6.45, 7) is 6.09. The van der Waals surface area contributed by atoms with E-state index in [-0.39, 0.29) is 24.3 Å². The van der Waals surface area contributed by atoms with Crippen LogP contribution in [0.5, 0.6) is 0 Å². The minimum absolute atomic E-state index is 0.0435. The van der Waals surface area contributed by atoms with E-state index >= 15 is 0 Å². The van der Waals surface area contributed by atoms with Crippen molar-refractivity contribution in [2.45, 2.75) is 19.5 Å². The predicted octanol–water partition coefficient (Wildman–Crippen LogP) is 1.73. The number of rotatable bonds is 5. The van der Waals surface area contributed by atoms with Gasteiger partial charge >= 0.3 is 0 Å². The Morgan fingerprint density at radius 1 is 1.43 bits per heavy atom. The predicted molar refractivity (Wildman–Crippen MR) is 89.6 cm³/mol. The summed E-state index contributed by atoms with van der Waals surface area (Å²) in [5, 5.41) is 3.16. The number of hydrogen-bond donors (Lipinski definition) is 1. The Balaban J connectivity index is 1.84. The van der Waals surface area contributed by atoms with E-state index in [4.69, 9.17) is 18.0 Å². The lowest BCUT2D eigenvalue weighted by atomic mass is 10.1. The molecule has 1 aliphatic rings. The van der Waals surface area contributed by atoms with E-state index in [0.717, 1.165) is 31.7 Å². The van der Waals surface area contributed by atoms with Gasteiger partial charge in [-0.15, -0.1) is 6.42 Å². The molecule has 0 bridgehead atoms. The Labute approximate surface area is 141 Å². The third-order valence-corrected chi connectivity index (χ3v) is 4.46. The molecule has 1 aromatic carbocycles. The molecule has 1 saturated heterocycles. The molecule has 23 heavy (non-hydrogen) atoms. The zero-order valence-corrected chi connectivity index (χ0v) is 13.9. The lowest BCUT2D eigenvalue weighted by molar-refractivity contribution is -0.126. The molecule has 4 nitrogen and oxygen atoms in total. The maximum Gasteiger partial charge on any atom is 0.237 e. The van der Waals surface area contributed by atoms with E-state index in [1.54, 1.807) is 6.07 Å². The number of amides is 1. The van der Waals surface area contributed by atoms with E-state index in [9.17, 15) is 9.18 Å². The van der Waals surface area contributed by atoms with Gasteiger partial charge in [-0.3, -0.25) is 14.6 Å². The summed E-state index contributed by atoms with van der Waals surface area (Å²) in [7, 11) is 0. The van der Waals surface area contributed by atoms with Crippen LogP contribution in [0.4, 0.5) is 4.39 Å². The lowest BCUT2D eigenvalue weighted by Gasteiger charge is -2.37. The van der Waals surface area contributed by atoms with E-state index in [0.29, 0.717) is 11.6 Å². The van der Waals surface area contributed by atoms with Gasteiger partial charge < -0.3 is 5.32 Å². The largest absolute Gasteiger partial charge is 0.344 e. The lowest BCUT2D eigenvalue weighted by Crippen LogP contribution is -2.53. The Hall–Kier alpha value is -1.61. The van der Waals surface area contributed by atoms with Crippen LogP contribution in [-0.2, 0) is 11.3 Å². The summed E-state index contributed by atoms with van der Waals surface area (Å²) in [6.07, 6.45) is 5.15. The van der Waals surface area contributed by atoms with Gasteiger partial charge in [0.05, 0.1) is 12.6 Å².